The highest BCUT2D eigenvalue weighted by Crippen LogP contribution is 2.17. The molecule has 0 atom stereocenters. The van der Waals surface area contributed by atoms with E-state index in [9.17, 15) is 19.5 Å². The monoisotopic (exact) mass is 386 g/mol. The van der Waals surface area contributed by atoms with Gasteiger partial charge in [-0.1, -0.05) is 11.6 Å². The van der Waals surface area contributed by atoms with E-state index in [2.05, 4.69) is 0 Å². The van der Waals surface area contributed by atoms with Gasteiger partial charge < -0.3 is 19.7 Å². The minimum absolute atomic E-state index is 0.0121. The quantitative estimate of drug-likeness (QED) is 0.408. The lowest BCUT2D eigenvalue weighted by atomic mass is 9.97. The van der Waals surface area contributed by atoms with Gasteiger partial charge in [0.05, 0.1) is 11.1 Å². The lowest BCUT2D eigenvalue weighted by Crippen LogP contribution is -2.30. The van der Waals surface area contributed by atoms with Gasteiger partial charge in [0.2, 0.25) is 0 Å². The molecule has 0 radical (unpaired) electrons. The maximum atomic E-state index is 12.1. The minimum atomic E-state index is -1.46. The maximum Gasteiger partial charge on any atom is 0.339 e. The van der Waals surface area contributed by atoms with Gasteiger partial charge in [-0.05, 0) is 57.2 Å². The second kappa shape index (κ2) is 8.67. The van der Waals surface area contributed by atoms with Crippen LogP contribution in [0.2, 0.25) is 0 Å². The van der Waals surface area contributed by atoms with E-state index in [0.29, 0.717) is 11.3 Å². The third kappa shape index (κ3) is 5.40. The molecule has 0 fully saturated rings. The van der Waals surface area contributed by atoms with Crippen molar-refractivity contribution in [1.29, 1.82) is 0 Å². The second-order valence-corrected chi connectivity index (χ2v) is 6.75. The fraction of sp³-hybridized carbons (Fsp3) is 0.286. The Kier molecular flexibility index (Phi) is 6.53. The molecule has 0 unspecified atom stereocenters. The second-order valence-electron chi connectivity index (χ2n) is 6.75. The van der Waals surface area contributed by atoms with Crippen LogP contribution in [0.25, 0.3) is 0 Å². The molecule has 0 spiro atoms. The van der Waals surface area contributed by atoms with Crippen LogP contribution >= 0.6 is 0 Å². The van der Waals surface area contributed by atoms with Crippen LogP contribution in [0, 0.1) is 6.92 Å². The third-order valence-electron chi connectivity index (χ3n) is 3.88. The summed E-state index contributed by atoms with van der Waals surface area (Å²) < 4.78 is 10.5. The first kappa shape index (κ1) is 21.1. The maximum absolute atomic E-state index is 12.1. The topological polar surface area (TPSA) is 110 Å². The molecule has 0 saturated carbocycles. The van der Waals surface area contributed by atoms with Crippen LogP contribution in [0.4, 0.5) is 0 Å². The molecule has 0 bridgehead atoms. The van der Waals surface area contributed by atoms with E-state index in [-0.39, 0.29) is 24.3 Å². The van der Waals surface area contributed by atoms with E-state index in [0.717, 1.165) is 5.56 Å². The van der Waals surface area contributed by atoms with Gasteiger partial charge in [0.1, 0.15) is 24.6 Å². The highest BCUT2D eigenvalue weighted by Gasteiger charge is 2.25. The largest absolute Gasteiger partial charge is 0.490 e. The van der Waals surface area contributed by atoms with Crippen LogP contribution in [0.1, 0.15) is 50.5 Å². The first-order valence-corrected chi connectivity index (χ1v) is 8.60. The molecule has 0 aliphatic rings. The average molecular weight is 386 g/mol. The first-order chi connectivity index (χ1) is 13.1. The highest BCUT2D eigenvalue weighted by atomic mass is 16.6. The Hall–Kier alpha value is -3.19. The van der Waals surface area contributed by atoms with Gasteiger partial charge in [-0.2, -0.15) is 0 Å². The Balaban J connectivity index is 1.90. The summed E-state index contributed by atoms with van der Waals surface area (Å²) in [5.41, 5.74) is -0.493. The van der Waals surface area contributed by atoms with Gasteiger partial charge in [-0.25, -0.2) is 9.59 Å². The zero-order valence-corrected chi connectivity index (χ0v) is 15.9. The Labute approximate surface area is 162 Å². The van der Waals surface area contributed by atoms with Gasteiger partial charge in [-0.3, -0.25) is 4.79 Å². The number of hydrogen-bond donors (Lipinski definition) is 2. The van der Waals surface area contributed by atoms with Crippen molar-refractivity contribution in [3.63, 3.8) is 0 Å². The number of carbonyl (C=O) groups is 3. The van der Waals surface area contributed by atoms with Crippen LogP contribution in [0.5, 0.6) is 5.75 Å². The average Bonchev–Trinajstić information content (AvgIpc) is 2.64. The van der Waals surface area contributed by atoms with Gasteiger partial charge in [0, 0.05) is 5.56 Å². The molecule has 0 aliphatic carbocycles. The highest BCUT2D eigenvalue weighted by molar-refractivity contribution is 6.02. The number of carbonyl (C=O) groups excluding carboxylic acids is 2. The molecule has 148 valence electrons. The standard InChI is InChI=1S/C21H22O7/c1-13-4-9-16(19(23)24)17(12-13)20(25)28-11-10-27-15-7-5-14(6-8-15)18(22)21(2,3)26/h4-9,12,26H,10-11H2,1-3H3,(H,23,24). The SMILES string of the molecule is Cc1ccc(C(=O)O)c(C(=O)OCCOc2ccc(C(=O)C(C)(C)O)cc2)c1. The first-order valence-electron chi connectivity index (χ1n) is 8.60. The van der Waals surface area contributed by atoms with Gasteiger partial charge in [-0.15, -0.1) is 0 Å². The Morgan fingerprint density at radius 3 is 2.18 bits per heavy atom. The number of rotatable bonds is 8. The summed E-state index contributed by atoms with van der Waals surface area (Å²) in [4.78, 5) is 35.3. The zero-order valence-electron chi connectivity index (χ0n) is 15.9. The van der Waals surface area contributed by atoms with Crippen LogP contribution in [-0.2, 0) is 4.74 Å². The molecule has 0 saturated heterocycles. The van der Waals surface area contributed by atoms with E-state index in [1.165, 1.54) is 38.1 Å². The smallest absolute Gasteiger partial charge is 0.339 e. The van der Waals surface area contributed by atoms with E-state index in [1.54, 1.807) is 25.1 Å². The molecular weight excluding hydrogens is 364 g/mol. The van der Waals surface area contributed by atoms with E-state index >= 15 is 0 Å². The number of carboxylic acid groups (broad SMARTS) is 1. The number of aliphatic hydroxyl groups is 1. The number of ether oxygens (including phenoxy) is 2. The Morgan fingerprint density at radius 2 is 1.61 bits per heavy atom. The molecule has 0 aliphatic heterocycles. The summed E-state index contributed by atoms with van der Waals surface area (Å²) in [6.45, 7) is 4.56. The molecule has 0 amide bonds. The number of esters is 1. The van der Waals surface area contributed by atoms with Crippen LogP contribution in [-0.4, -0.2) is 46.7 Å². The molecule has 2 aromatic rings. The zero-order chi connectivity index (χ0) is 20.9. The van der Waals surface area contributed by atoms with Gasteiger partial charge in [0.25, 0.3) is 0 Å². The number of Topliss-reactive ketones (excluding diaryl/α,β-unsaturated/α-hetero) is 1. The van der Waals surface area contributed by atoms with Gasteiger partial charge >= 0.3 is 11.9 Å². The van der Waals surface area contributed by atoms with E-state index in [4.69, 9.17) is 14.6 Å². The predicted molar refractivity (Wildman–Crippen MR) is 101 cm³/mol. The van der Waals surface area contributed by atoms with Crippen LogP contribution in [0.3, 0.4) is 0 Å². The summed E-state index contributed by atoms with van der Waals surface area (Å²) >= 11 is 0. The molecule has 2 rings (SSSR count). The molecule has 2 aromatic carbocycles. The Bertz CT molecular complexity index is 877. The summed E-state index contributed by atoms with van der Waals surface area (Å²) in [7, 11) is 0. The number of hydrogen-bond acceptors (Lipinski definition) is 6. The van der Waals surface area contributed by atoms with E-state index in [1.807, 2.05) is 0 Å². The summed E-state index contributed by atoms with van der Waals surface area (Å²) in [5, 5.41) is 18.9. The molecule has 0 aromatic heterocycles. The number of ketones is 1. The van der Waals surface area contributed by atoms with Crippen molar-refractivity contribution in [2.45, 2.75) is 26.4 Å². The number of aryl methyl sites for hydroxylation is 1. The lowest BCUT2D eigenvalue weighted by molar-refractivity contribution is 0.0442. The van der Waals surface area contributed by atoms with Crippen molar-refractivity contribution in [3.8, 4) is 5.75 Å². The van der Waals surface area contributed by atoms with Crippen molar-refractivity contribution in [2.24, 2.45) is 0 Å². The minimum Gasteiger partial charge on any atom is -0.490 e. The molecule has 28 heavy (non-hydrogen) atoms. The molecule has 7 nitrogen and oxygen atoms in total. The summed E-state index contributed by atoms with van der Waals surface area (Å²) in [6.07, 6.45) is 0. The third-order valence-corrected chi connectivity index (χ3v) is 3.88. The van der Waals surface area contributed by atoms with Crippen LogP contribution in [0.15, 0.2) is 42.5 Å². The summed E-state index contributed by atoms with van der Waals surface area (Å²) in [6, 6.07) is 10.6. The van der Waals surface area contributed by atoms with Gasteiger partial charge in [0.15, 0.2) is 5.78 Å². The van der Waals surface area contributed by atoms with E-state index < -0.39 is 23.3 Å². The van der Waals surface area contributed by atoms with Crippen molar-refractivity contribution < 1.29 is 34.1 Å². The fourth-order valence-electron chi connectivity index (χ4n) is 2.44. The number of aromatic carboxylic acids is 1. The van der Waals surface area contributed by atoms with Crippen molar-refractivity contribution >= 4 is 17.7 Å². The van der Waals surface area contributed by atoms with Crippen LogP contribution < -0.4 is 4.74 Å². The summed E-state index contributed by atoms with van der Waals surface area (Å²) in [5.74, 6) is -1.88. The van der Waals surface area contributed by atoms with Crippen molar-refractivity contribution in [3.05, 3.63) is 64.7 Å². The molecule has 0 heterocycles. The Morgan fingerprint density at radius 1 is 0.964 bits per heavy atom. The molecular formula is C21H22O7. The lowest BCUT2D eigenvalue weighted by Gasteiger charge is -2.15. The van der Waals surface area contributed by atoms with Crippen molar-refractivity contribution in [2.75, 3.05) is 13.2 Å². The molecule has 7 heteroatoms. The van der Waals surface area contributed by atoms with Crippen molar-refractivity contribution in [1.82, 2.24) is 0 Å². The normalized spacial score (nSPS) is 11.0. The predicted octanol–water partition coefficient (Wildman–Crippen LogP) is 2.88. The fourth-order valence-corrected chi connectivity index (χ4v) is 2.44. The molecule has 2 N–H and O–H groups in total. The number of carboxylic acids is 1. The number of benzene rings is 2.